The standard InChI is InChI=1S/C13H15N3S/c14-10-3-2-7-15-13(10)16-11-4-1-5-12-9(11)6-8-17-12/h2-3,6-8,11H,1,4-5,14H2,(H,15,16). The summed E-state index contributed by atoms with van der Waals surface area (Å²) in [4.78, 5) is 5.80. The van der Waals surface area contributed by atoms with E-state index >= 15 is 0 Å². The summed E-state index contributed by atoms with van der Waals surface area (Å²) >= 11 is 1.85. The Hall–Kier alpha value is -1.55. The van der Waals surface area contributed by atoms with Gasteiger partial charge in [-0.05, 0) is 48.4 Å². The van der Waals surface area contributed by atoms with Gasteiger partial charge in [-0.1, -0.05) is 0 Å². The second-order valence-electron chi connectivity index (χ2n) is 4.33. The van der Waals surface area contributed by atoms with Crippen molar-refractivity contribution < 1.29 is 0 Å². The average Bonchev–Trinajstić information content (AvgIpc) is 2.81. The predicted molar refractivity (Wildman–Crippen MR) is 72.3 cm³/mol. The summed E-state index contributed by atoms with van der Waals surface area (Å²) in [5, 5.41) is 5.64. The smallest absolute Gasteiger partial charge is 0.149 e. The third-order valence-corrected chi connectivity index (χ3v) is 4.20. The zero-order valence-electron chi connectivity index (χ0n) is 9.52. The highest BCUT2D eigenvalue weighted by molar-refractivity contribution is 7.10. The first-order valence-electron chi connectivity index (χ1n) is 5.88. The Kier molecular flexibility index (Phi) is 2.73. The van der Waals surface area contributed by atoms with Gasteiger partial charge in [-0.2, -0.15) is 0 Å². The number of thiophene rings is 1. The van der Waals surface area contributed by atoms with Crippen LogP contribution in [0.3, 0.4) is 0 Å². The molecule has 0 saturated heterocycles. The maximum atomic E-state index is 5.91. The number of hydrogen-bond donors (Lipinski definition) is 2. The summed E-state index contributed by atoms with van der Waals surface area (Å²) in [6, 6.07) is 6.32. The molecule has 3 rings (SSSR count). The van der Waals surface area contributed by atoms with Gasteiger partial charge in [0.15, 0.2) is 0 Å². The summed E-state index contributed by atoms with van der Waals surface area (Å²) in [7, 11) is 0. The Morgan fingerprint density at radius 2 is 2.35 bits per heavy atom. The van der Waals surface area contributed by atoms with E-state index < -0.39 is 0 Å². The monoisotopic (exact) mass is 245 g/mol. The molecule has 0 fully saturated rings. The number of fused-ring (bicyclic) bond motifs is 1. The van der Waals surface area contributed by atoms with Gasteiger partial charge in [0.1, 0.15) is 5.82 Å². The third kappa shape index (κ3) is 2.00. The zero-order valence-corrected chi connectivity index (χ0v) is 10.3. The Morgan fingerprint density at radius 3 is 3.24 bits per heavy atom. The van der Waals surface area contributed by atoms with Crippen molar-refractivity contribution in [2.24, 2.45) is 0 Å². The highest BCUT2D eigenvalue weighted by Crippen LogP contribution is 2.35. The van der Waals surface area contributed by atoms with E-state index in [1.54, 1.807) is 6.20 Å². The van der Waals surface area contributed by atoms with Gasteiger partial charge in [-0.25, -0.2) is 4.98 Å². The number of rotatable bonds is 2. The van der Waals surface area contributed by atoms with Crippen molar-refractivity contribution in [1.82, 2.24) is 4.98 Å². The maximum Gasteiger partial charge on any atom is 0.149 e. The second-order valence-corrected chi connectivity index (χ2v) is 5.33. The SMILES string of the molecule is Nc1cccnc1NC1CCCc2sccc21. The summed E-state index contributed by atoms with van der Waals surface area (Å²) < 4.78 is 0. The van der Waals surface area contributed by atoms with Crippen molar-refractivity contribution in [3.63, 3.8) is 0 Å². The number of pyridine rings is 1. The third-order valence-electron chi connectivity index (χ3n) is 3.20. The number of nitrogens with two attached hydrogens (primary N) is 1. The van der Waals surface area contributed by atoms with Crippen LogP contribution in [-0.4, -0.2) is 4.98 Å². The van der Waals surface area contributed by atoms with E-state index in [0.29, 0.717) is 6.04 Å². The van der Waals surface area contributed by atoms with Gasteiger partial charge in [0.05, 0.1) is 11.7 Å². The van der Waals surface area contributed by atoms with Crippen molar-refractivity contribution in [3.05, 3.63) is 40.2 Å². The lowest BCUT2D eigenvalue weighted by atomic mass is 9.94. The van der Waals surface area contributed by atoms with E-state index in [0.717, 1.165) is 17.9 Å². The normalized spacial score (nSPS) is 18.7. The predicted octanol–water partition coefficient (Wildman–Crippen LogP) is 3.21. The van der Waals surface area contributed by atoms with Crippen LogP contribution in [0, 0.1) is 0 Å². The van der Waals surface area contributed by atoms with Crippen LogP contribution < -0.4 is 11.1 Å². The summed E-state index contributed by atoms with van der Waals surface area (Å²) in [5.41, 5.74) is 8.05. The van der Waals surface area contributed by atoms with Crippen LogP contribution in [0.2, 0.25) is 0 Å². The molecule has 2 aromatic rings. The molecule has 1 aliphatic carbocycles. The summed E-state index contributed by atoms with van der Waals surface area (Å²) in [6.07, 6.45) is 5.37. The van der Waals surface area contributed by atoms with Gasteiger partial charge in [-0.3, -0.25) is 0 Å². The van der Waals surface area contributed by atoms with Crippen LogP contribution in [0.4, 0.5) is 11.5 Å². The number of hydrogen-bond acceptors (Lipinski definition) is 4. The van der Waals surface area contributed by atoms with Gasteiger partial charge in [0.25, 0.3) is 0 Å². The minimum Gasteiger partial charge on any atom is -0.396 e. The number of aromatic nitrogens is 1. The minimum atomic E-state index is 0.363. The van der Waals surface area contributed by atoms with E-state index in [1.165, 1.54) is 23.3 Å². The molecule has 0 spiro atoms. The molecule has 0 aliphatic heterocycles. The first-order chi connectivity index (χ1) is 8.34. The number of nitrogens with one attached hydrogen (secondary N) is 1. The molecule has 4 heteroatoms. The molecule has 17 heavy (non-hydrogen) atoms. The molecule has 0 radical (unpaired) electrons. The van der Waals surface area contributed by atoms with Crippen LogP contribution in [0.15, 0.2) is 29.8 Å². The summed E-state index contributed by atoms with van der Waals surface area (Å²) in [5.74, 6) is 0.802. The van der Waals surface area contributed by atoms with E-state index in [2.05, 4.69) is 21.7 Å². The fourth-order valence-corrected chi connectivity index (χ4v) is 3.33. The van der Waals surface area contributed by atoms with Crippen LogP contribution in [-0.2, 0) is 6.42 Å². The highest BCUT2D eigenvalue weighted by Gasteiger charge is 2.21. The fraction of sp³-hybridized carbons (Fsp3) is 0.308. The van der Waals surface area contributed by atoms with Crippen LogP contribution in [0.5, 0.6) is 0 Å². The van der Waals surface area contributed by atoms with Crippen molar-refractivity contribution >= 4 is 22.8 Å². The van der Waals surface area contributed by atoms with Gasteiger partial charge in [0.2, 0.25) is 0 Å². The maximum absolute atomic E-state index is 5.91. The topological polar surface area (TPSA) is 50.9 Å². The molecule has 2 aromatic heterocycles. The van der Waals surface area contributed by atoms with Gasteiger partial charge in [0, 0.05) is 11.1 Å². The van der Waals surface area contributed by atoms with Gasteiger partial charge < -0.3 is 11.1 Å². The molecule has 3 nitrogen and oxygen atoms in total. The Morgan fingerprint density at radius 1 is 1.41 bits per heavy atom. The van der Waals surface area contributed by atoms with Crippen molar-refractivity contribution in [1.29, 1.82) is 0 Å². The molecule has 88 valence electrons. The number of nitrogens with zero attached hydrogens (tertiary/aromatic N) is 1. The Bertz CT molecular complexity index is 521. The van der Waals surface area contributed by atoms with Gasteiger partial charge in [-0.15, -0.1) is 11.3 Å². The molecule has 1 atom stereocenters. The molecule has 1 aliphatic rings. The largest absolute Gasteiger partial charge is 0.396 e. The molecule has 0 bridgehead atoms. The quantitative estimate of drug-likeness (QED) is 0.854. The van der Waals surface area contributed by atoms with E-state index in [4.69, 9.17) is 5.73 Å². The highest BCUT2D eigenvalue weighted by atomic mass is 32.1. The second kappa shape index (κ2) is 4.37. The molecule has 0 amide bonds. The number of anilines is 2. The first-order valence-corrected chi connectivity index (χ1v) is 6.76. The van der Waals surface area contributed by atoms with Crippen molar-refractivity contribution in [2.75, 3.05) is 11.1 Å². The molecule has 0 saturated carbocycles. The fourth-order valence-electron chi connectivity index (χ4n) is 2.34. The van der Waals surface area contributed by atoms with Gasteiger partial charge >= 0.3 is 0 Å². The Labute approximate surface area is 105 Å². The van der Waals surface area contributed by atoms with E-state index in [-0.39, 0.29) is 0 Å². The molecule has 3 N–H and O–H groups in total. The average molecular weight is 245 g/mol. The lowest BCUT2D eigenvalue weighted by Crippen LogP contribution is -2.17. The minimum absolute atomic E-state index is 0.363. The lowest BCUT2D eigenvalue weighted by molar-refractivity contribution is 0.607. The van der Waals surface area contributed by atoms with E-state index in [9.17, 15) is 0 Å². The first kappa shape index (κ1) is 10.6. The number of aryl methyl sites for hydroxylation is 1. The number of nitrogen functional groups attached to an aromatic ring is 1. The van der Waals surface area contributed by atoms with E-state index in [1.807, 2.05) is 23.5 Å². The molecular formula is C13H15N3S. The van der Waals surface area contributed by atoms with Crippen LogP contribution in [0.25, 0.3) is 0 Å². The summed E-state index contributed by atoms with van der Waals surface area (Å²) in [6.45, 7) is 0. The molecule has 1 unspecified atom stereocenters. The lowest BCUT2D eigenvalue weighted by Gasteiger charge is -2.24. The molecule has 0 aromatic carbocycles. The van der Waals surface area contributed by atoms with Crippen molar-refractivity contribution in [3.8, 4) is 0 Å². The van der Waals surface area contributed by atoms with Crippen LogP contribution in [0.1, 0.15) is 29.3 Å². The Balaban J connectivity index is 1.86. The molecule has 2 heterocycles. The van der Waals surface area contributed by atoms with Crippen molar-refractivity contribution in [2.45, 2.75) is 25.3 Å². The molecular weight excluding hydrogens is 230 g/mol. The van der Waals surface area contributed by atoms with Crippen LogP contribution >= 0.6 is 11.3 Å². The zero-order chi connectivity index (χ0) is 11.7.